The average molecular weight is 438 g/mol. The van der Waals surface area contributed by atoms with Crippen LogP contribution in [-0.2, 0) is 20.8 Å². The summed E-state index contributed by atoms with van der Waals surface area (Å²) < 4.78 is 35.0. The van der Waals surface area contributed by atoms with Crippen LogP contribution in [0.25, 0.3) is 33.2 Å². The maximum absolute atomic E-state index is 11.7. The number of anilines is 1. The minimum atomic E-state index is -3.78. The van der Waals surface area contributed by atoms with Gasteiger partial charge in [-0.25, -0.2) is 18.5 Å². The van der Waals surface area contributed by atoms with Crippen molar-refractivity contribution in [1.29, 1.82) is 0 Å². The van der Waals surface area contributed by atoms with E-state index in [1.807, 2.05) is 54.6 Å². The lowest BCUT2D eigenvalue weighted by molar-refractivity contribution is 0.598. The van der Waals surface area contributed by atoms with Crippen LogP contribution in [-0.4, -0.2) is 23.9 Å². The van der Waals surface area contributed by atoms with Gasteiger partial charge in [0.2, 0.25) is 10.0 Å². The first-order valence-corrected chi connectivity index (χ1v) is 12.1. The van der Waals surface area contributed by atoms with Crippen molar-refractivity contribution in [2.24, 2.45) is 5.14 Å². The molecule has 1 heterocycles. The fourth-order valence-electron chi connectivity index (χ4n) is 3.28. The molecule has 1 atom stereocenters. The Morgan fingerprint density at radius 1 is 0.867 bits per heavy atom. The van der Waals surface area contributed by atoms with E-state index in [1.54, 1.807) is 18.4 Å². The van der Waals surface area contributed by atoms with E-state index in [9.17, 15) is 12.6 Å². The molecule has 0 spiro atoms. The van der Waals surface area contributed by atoms with Gasteiger partial charge in [-0.15, -0.1) is 0 Å². The maximum atomic E-state index is 11.7. The SMILES string of the molecule is CS(=O)c1ccc(-c2cc3cc(-c4cccc(S(N)(=O)=O)c4)ccc3nc2N)cc1. The normalized spacial score (nSPS) is 12.7. The van der Waals surface area contributed by atoms with Crippen molar-refractivity contribution in [3.63, 3.8) is 0 Å². The predicted molar refractivity (Wildman–Crippen MR) is 121 cm³/mol. The minimum Gasteiger partial charge on any atom is -0.383 e. The van der Waals surface area contributed by atoms with Gasteiger partial charge in [0.25, 0.3) is 0 Å². The summed E-state index contributed by atoms with van der Waals surface area (Å²) in [6.45, 7) is 0. The highest BCUT2D eigenvalue weighted by Gasteiger charge is 2.11. The van der Waals surface area contributed by atoms with Crippen LogP contribution in [0.2, 0.25) is 0 Å². The number of rotatable bonds is 4. The van der Waals surface area contributed by atoms with E-state index in [4.69, 9.17) is 10.9 Å². The molecule has 4 aromatic rings. The number of hydrogen-bond donors (Lipinski definition) is 2. The molecule has 0 saturated carbocycles. The monoisotopic (exact) mass is 437 g/mol. The Labute approximate surface area is 177 Å². The molecule has 4 rings (SSSR count). The Kier molecular flexibility index (Phi) is 5.15. The summed E-state index contributed by atoms with van der Waals surface area (Å²) >= 11 is 0. The molecule has 0 bridgehead atoms. The first kappa shape index (κ1) is 20.2. The Balaban J connectivity index is 1.81. The number of nitrogens with two attached hydrogens (primary N) is 2. The zero-order valence-corrected chi connectivity index (χ0v) is 17.7. The first-order valence-electron chi connectivity index (χ1n) is 9.00. The third-order valence-corrected chi connectivity index (χ3v) is 6.68. The summed E-state index contributed by atoms with van der Waals surface area (Å²) in [5.74, 6) is 0.400. The Morgan fingerprint density at radius 3 is 2.20 bits per heavy atom. The Bertz CT molecular complexity index is 1400. The fraction of sp³-hybridized carbons (Fsp3) is 0.0455. The third kappa shape index (κ3) is 3.97. The van der Waals surface area contributed by atoms with Crippen LogP contribution in [0.5, 0.6) is 0 Å². The molecule has 4 N–H and O–H groups in total. The Hall–Kier alpha value is -3.07. The van der Waals surface area contributed by atoms with E-state index < -0.39 is 20.8 Å². The van der Waals surface area contributed by atoms with Crippen molar-refractivity contribution in [1.82, 2.24) is 4.98 Å². The number of hydrogen-bond acceptors (Lipinski definition) is 5. The topological polar surface area (TPSA) is 116 Å². The minimum absolute atomic E-state index is 0.0598. The van der Waals surface area contributed by atoms with Gasteiger partial charge in [0.15, 0.2) is 0 Å². The third-order valence-electron chi connectivity index (χ3n) is 4.84. The summed E-state index contributed by atoms with van der Waals surface area (Å²) in [6.07, 6.45) is 1.63. The van der Waals surface area contributed by atoms with E-state index in [-0.39, 0.29) is 4.90 Å². The highest BCUT2D eigenvalue weighted by molar-refractivity contribution is 7.89. The quantitative estimate of drug-likeness (QED) is 0.507. The van der Waals surface area contributed by atoms with Crippen LogP contribution in [0.4, 0.5) is 5.82 Å². The second-order valence-corrected chi connectivity index (χ2v) is 9.82. The lowest BCUT2D eigenvalue weighted by atomic mass is 10.0. The van der Waals surface area contributed by atoms with Gasteiger partial charge >= 0.3 is 0 Å². The lowest BCUT2D eigenvalue weighted by Crippen LogP contribution is -2.11. The number of benzene rings is 3. The molecule has 8 heteroatoms. The second kappa shape index (κ2) is 7.64. The van der Waals surface area contributed by atoms with Crippen LogP contribution in [0, 0.1) is 0 Å². The molecular formula is C22H19N3O3S2. The molecular weight excluding hydrogens is 418 g/mol. The van der Waals surface area contributed by atoms with Crippen molar-refractivity contribution < 1.29 is 12.6 Å². The highest BCUT2D eigenvalue weighted by atomic mass is 32.2. The average Bonchev–Trinajstić information content (AvgIpc) is 2.72. The van der Waals surface area contributed by atoms with Gasteiger partial charge in [0.1, 0.15) is 5.82 Å². The second-order valence-electron chi connectivity index (χ2n) is 6.88. The molecule has 0 aliphatic rings. The van der Waals surface area contributed by atoms with Crippen molar-refractivity contribution in [2.45, 2.75) is 9.79 Å². The highest BCUT2D eigenvalue weighted by Crippen LogP contribution is 2.31. The van der Waals surface area contributed by atoms with Gasteiger partial charge in [-0.1, -0.05) is 30.3 Å². The van der Waals surface area contributed by atoms with Gasteiger partial charge in [-0.3, -0.25) is 4.21 Å². The molecule has 152 valence electrons. The molecule has 0 fully saturated rings. The molecule has 3 aromatic carbocycles. The fourth-order valence-corrected chi connectivity index (χ4v) is 4.36. The van der Waals surface area contributed by atoms with Crippen LogP contribution < -0.4 is 10.9 Å². The van der Waals surface area contributed by atoms with Crippen LogP contribution in [0.1, 0.15) is 0 Å². The standard InChI is InChI=1S/C22H19N3O3S2/c1-29(26)18-8-5-14(6-9-18)20-13-17-11-16(7-10-21(17)25-22(20)23)15-3-2-4-19(12-15)30(24,27)28/h2-13H,1H3,(H2,23,25)(H2,24,27,28). The number of primary sulfonamides is 1. The number of sulfonamides is 1. The van der Waals surface area contributed by atoms with Crippen molar-refractivity contribution >= 4 is 37.5 Å². The molecule has 1 unspecified atom stereocenters. The molecule has 0 aliphatic heterocycles. The summed E-state index contributed by atoms with van der Waals surface area (Å²) in [5, 5.41) is 6.12. The maximum Gasteiger partial charge on any atom is 0.238 e. The zero-order chi connectivity index (χ0) is 21.5. The number of nitrogen functional groups attached to an aromatic ring is 1. The number of nitrogens with zero attached hydrogens (tertiary/aromatic N) is 1. The van der Waals surface area contributed by atoms with Gasteiger partial charge in [-0.05, 0) is 59.2 Å². The lowest BCUT2D eigenvalue weighted by Gasteiger charge is -2.10. The van der Waals surface area contributed by atoms with Gasteiger partial charge < -0.3 is 5.73 Å². The smallest absolute Gasteiger partial charge is 0.238 e. The van der Waals surface area contributed by atoms with E-state index >= 15 is 0 Å². The van der Waals surface area contributed by atoms with E-state index in [2.05, 4.69) is 4.98 Å². The first-order chi connectivity index (χ1) is 14.2. The van der Waals surface area contributed by atoms with Crippen molar-refractivity contribution in [2.75, 3.05) is 12.0 Å². The van der Waals surface area contributed by atoms with Crippen LogP contribution >= 0.6 is 0 Å². The van der Waals surface area contributed by atoms with Crippen molar-refractivity contribution in [3.05, 3.63) is 72.8 Å². The van der Waals surface area contributed by atoms with Crippen LogP contribution in [0.15, 0.2) is 82.6 Å². The largest absolute Gasteiger partial charge is 0.383 e. The summed E-state index contributed by atoms with van der Waals surface area (Å²) in [4.78, 5) is 5.30. The molecule has 30 heavy (non-hydrogen) atoms. The predicted octanol–water partition coefficient (Wildman–Crippen LogP) is 3.54. The summed E-state index contributed by atoms with van der Waals surface area (Å²) in [5.41, 5.74) is 10.1. The van der Waals surface area contributed by atoms with E-state index in [0.29, 0.717) is 5.82 Å². The summed E-state index contributed by atoms with van der Waals surface area (Å²) in [6, 6.07) is 21.4. The molecule has 6 nitrogen and oxygen atoms in total. The van der Waals surface area contributed by atoms with Gasteiger partial charge in [0.05, 0.1) is 10.4 Å². The van der Waals surface area contributed by atoms with Gasteiger partial charge in [0, 0.05) is 32.9 Å². The molecule has 0 aliphatic carbocycles. The van der Waals surface area contributed by atoms with Crippen molar-refractivity contribution in [3.8, 4) is 22.3 Å². The number of pyridine rings is 1. The molecule has 0 saturated heterocycles. The number of aromatic nitrogens is 1. The van der Waals surface area contributed by atoms with E-state index in [1.165, 1.54) is 6.07 Å². The van der Waals surface area contributed by atoms with Crippen LogP contribution in [0.3, 0.4) is 0 Å². The zero-order valence-electron chi connectivity index (χ0n) is 16.1. The molecule has 0 amide bonds. The molecule has 0 radical (unpaired) electrons. The van der Waals surface area contributed by atoms with E-state index in [0.717, 1.165) is 38.1 Å². The number of fused-ring (bicyclic) bond motifs is 1. The molecule has 1 aromatic heterocycles. The van der Waals surface area contributed by atoms with Gasteiger partial charge in [-0.2, -0.15) is 0 Å². The summed E-state index contributed by atoms with van der Waals surface area (Å²) in [7, 11) is -4.84. The Morgan fingerprint density at radius 2 is 1.53 bits per heavy atom.